The Bertz CT molecular complexity index is 1050. The van der Waals surface area contributed by atoms with Crippen LogP contribution in [0, 0.1) is 6.92 Å². The van der Waals surface area contributed by atoms with E-state index in [0.717, 1.165) is 11.5 Å². The fourth-order valence-electron chi connectivity index (χ4n) is 4.82. The lowest BCUT2D eigenvalue weighted by molar-refractivity contribution is 0.405. The number of ether oxygens (including phenoxy) is 2. The number of hydrogen-bond donors (Lipinski definition) is 0. The molecule has 0 fully saturated rings. The van der Waals surface area contributed by atoms with Gasteiger partial charge in [-0.05, 0) is 101 Å². The van der Waals surface area contributed by atoms with Crippen LogP contribution in [0.2, 0.25) is 0 Å². The van der Waals surface area contributed by atoms with Crippen molar-refractivity contribution in [2.24, 2.45) is 0 Å². The lowest BCUT2D eigenvalue weighted by Gasteiger charge is -2.25. The van der Waals surface area contributed by atoms with E-state index in [9.17, 15) is 0 Å². The SMILES string of the molecule is COc1cc2c(C)cccc2cc1C(C)C.COc1cc2c(cc1C(C)C)CCCC2C. The van der Waals surface area contributed by atoms with Gasteiger partial charge in [0.05, 0.1) is 14.2 Å². The third kappa shape index (κ3) is 5.11. The Kier molecular flexibility index (Phi) is 7.87. The number of rotatable bonds is 4. The summed E-state index contributed by atoms with van der Waals surface area (Å²) in [5, 5.41) is 2.58. The second-order valence-corrected chi connectivity index (χ2v) is 9.79. The first-order chi connectivity index (χ1) is 15.3. The van der Waals surface area contributed by atoms with Crippen molar-refractivity contribution in [3.63, 3.8) is 0 Å². The van der Waals surface area contributed by atoms with Crippen LogP contribution in [0.5, 0.6) is 11.5 Å². The number of hydrogen-bond acceptors (Lipinski definition) is 2. The maximum atomic E-state index is 5.52. The van der Waals surface area contributed by atoms with Crippen LogP contribution in [-0.4, -0.2) is 14.2 Å². The Balaban J connectivity index is 0.000000181. The van der Waals surface area contributed by atoms with Gasteiger partial charge in [0.2, 0.25) is 0 Å². The maximum Gasteiger partial charge on any atom is 0.122 e. The summed E-state index contributed by atoms with van der Waals surface area (Å²) in [5.41, 5.74) is 6.98. The average Bonchev–Trinajstić information content (AvgIpc) is 2.78. The summed E-state index contributed by atoms with van der Waals surface area (Å²) in [6.45, 7) is 13.3. The number of benzene rings is 3. The number of fused-ring (bicyclic) bond motifs is 2. The molecule has 0 amide bonds. The van der Waals surface area contributed by atoms with Crippen molar-refractivity contribution in [3.05, 3.63) is 70.3 Å². The zero-order valence-electron chi connectivity index (χ0n) is 21.2. The molecule has 0 saturated heterocycles. The molecule has 172 valence electrons. The van der Waals surface area contributed by atoms with E-state index < -0.39 is 0 Å². The van der Waals surface area contributed by atoms with Crippen molar-refractivity contribution in [2.45, 2.75) is 78.6 Å². The molecule has 1 aliphatic carbocycles. The van der Waals surface area contributed by atoms with Crippen molar-refractivity contribution in [1.82, 2.24) is 0 Å². The van der Waals surface area contributed by atoms with Gasteiger partial charge in [-0.25, -0.2) is 0 Å². The molecule has 0 saturated carbocycles. The van der Waals surface area contributed by atoms with Gasteiger partial charge in [0.1, 0.15) is 11.5 Å². The molecule has 1 atom stereocenters. The van der Waals surface area contributed by atoms with Gasteiger partial charge in [-0.3, -0.25) is 0 Å². The van der Waals surface area contributed by atoms with E-state index in [0.29, 0.717) is 17.8 Å². The van der Waals surface area contributed by atoms with Gasteiger partial charge in [0, 0.05) is 0 Å². The molecule has 0 aliphatic heterocycles. The number of aryl methyl sites for hydroxylation is 2. The van der Waals surface area contributed by atoms with Crippen LogP contribution >= 0.6 is 0 Å². The average molecular weight is 433 g/mol. The van der Waals surface area contributed by atoms with Crippen molar-refractivity contribution >= 4 is 10.8 Å². The molecule has 0 spiro atoms. The van der Waals surface area contributed by atoms with Gasteiger partial charge in [-0.15, -0.1) is 0 Å². The molecule has 2 heteroatoms. The highest BCUT2D eigenvalue weighted by Crippen LogP contribution is 2.38. The molecule has 0 heterocycles. The summed E-state index contributed by atoms with van der Waals surface area (Å²) < 4.78 is 11.0. The molecule has 1 aliphatic rings. The van der Waals surface area contributed by atoms with Gasteiger partial charge in [0.15, 0.2) is 0 Å². The fraction of sp³-hybridized carbons (Fsp3) is 0.467. The Hall–Kier alpha value is -2.48. The first kappa shape index (κ1) is 24.2. The molecule has 1 unspecified atom stereocenters. The first-order valence-electron chi connectivity index (χ1n) is 12.0. The van der Waals surface area contributed by atoms with Crippen molar-refractivity contribution < 1.29 is 9.47 Å². The minimum atomic E-state index is 0.486. The molecule has 32 heavy (non-hydrogen) atoms. The summed E-state index contributed by atoms with van der Waals surface area (Å²) in [4.78, 5) is 0. The minimum absolute atomic E-state index is 0.486. The molecule has 3 aromatic carbocycles. The summed E-state index contributed by atoms with van der Waals surface area (Å²) in [6, 6.07) is 15.4. The molecular formula is C30H40O2. The zero-order chi connectivity index (χ0) is 23.4. The minimum Gasteiger partial charge on any atom is -0.496 e. The van der Waals surface area contributed by atoms with E-state index in [1.165, 1.54) is 52.3 Å². The predicted octanol–water partition coefficient (Wildman–Crippen LogP) is 8.54. The third-order valence-corrected chi connectivity index (χ3v) is 6.80. The lowest BCUT2D eigenvalue weighted by Crippen LogP contribution is -2.09. The molecule has 4 rings (SSSR count). The Labute approximate surface area is 195 Å². The second-order valence-electron chi connectivity index (χ2n) is 9.79. The van der Waals surface area contributed by atoms with Crippen LogP contribution in [0.3, 0.4) is 0 Å². The van der Waals surface area contributed by atoms with Crippen molar-refractivity contribution in [3.8, 4) is 11.5 Å². The van der Waals surface area contributed by atoms with Crippen molar-refractivity contribution in [2.75, 3.05) is 14.2 Å². The second kappa shape index (κ2) is 10.4. The summed E-state index contributed by atoms with van der Waals surface area (Å²) >= 11 is 0. The highest BCUT2D eigenvalue weighted by atomic mass is 16.5. The molecule has 2 nitrogen and oxygen atoms in total. The molecule has 3 aromatic rings. The zero-order valence-corrected chi connectivity index (χ0v) is 21.2. The van der Waals surface area contributed by atoms with Gasteiger partial charge in [-0.2, -0.15) is 0 Å². The van der Waals surface area contributed by atoms with Gasteiger partial charge in [0.25, 0.3) is 0 Å². The summed E-state index contributed by atoms with van der Waals surface area (Å²) in [5.74, 6) is 3.79. The molecule has 0 radical (unpaired) electrons. The van der Waals surface area contributed by atoms with E-state index in [4.69, 9.17) is 9.47 Å². The van der Waals surface area contributed by atoms with Crippen molar-refractivity contribution in [1.29, 1.82) is 0 Å². The molecule has 0 N–H and O–H groups in total. The van der Waals surface area contributed by atoms with E-state index in [-0.39, 0.29) is 0 Å². The summed E-state index contributed by atoms with van der Waals surface area (Å²) in [6.07, 6.45) is 3.89. The normalized spacial score (nSPS) is 15.4. The van der Waals surface area contributed by atoms with Crippen LogP contribution in [-0.2, 0) is 6.42 Å². The van der Waals surface area contributed by atoms with Crippen LogP contribution in [0.1, 0.15) is 93.0 Å². The van der Waals surface area contributed by atoms with E-state index >= 15 is 0 Å². The molecule has 0 aromatic heterocycles. The smallest absolute Gasteiger partial charge is 0.122 e. The Morgan fingerprint density at radius 1 is 0.844 bits per heavy atom. The monoisotopic (exact) mass is 432 g/mol. The first-order valence-corrected chi connectivity index (χ1v) is 12.0. The third-order valence-electron chi connectivity index (χ3n) is 6.80. The summed E-state index contributed by atoms with van der Waals surface area (Å²) in [7, 11) is 3.52. The van der Waals surface area contributed by atoms with E-state index in [2.05, 4.69) is 84.0 Å². The maximum absolute atomic E-state index is 5.52. The molecule has 0 bridgehead atoms. The Morgan fingerprint density at radius 2 is 1.47 bits per heavy atom. The Morgan fingerprint density at radius 3 is 2.09 bits per heavy atom. The predicted molar refractivity (Wildman–Crippen MR) is 138 cm³/mol. The quantitative estimate of drug-likeness (QED) is 0.411. The van der Waals surface area contributed by atoms with Gasteiger partial charge >= 0.3 is 0 Å². The van der Waals surface area contributed by atoms with E-state index in [1.807, 2.05) is 0 Å². The number of methoxy groups -OCH3 is 2. The van der Waals surface area contributed by atoms with Gasteiger partial charge < -0.3 is 9.47 Å². The van der Waals surface area contributed by atoms with Gasteiger partial charge in [-0.1, -0.05) is 58.9 Å². The highest BCUT2D eigenvalue weighted by molar-refractivity contribution is 5.88. The largest absolute Gasteiger partial charge is 0.496 e. The van der Waals surface area contributed by atoms with E-state index in [1.54, 1.807) is 19.8 Å². The topological polar surface area (TPSA) is 18.5 Å². The van der Waals surface area contributed by atoms with Crippen LogP contribution < -0.4 is 9.47 Å². The highest BCUT2D eigenvalue weighted by Gasteiger charge is 2.20. The standard InChI is InChI=1S/C15H22O.C15H18O/c2*1-10(2)13-8-12-7-5-6-11(3)14(12)9-15(13)16-4/h8-11H,5-7H2,1-4H3;5-10H,1-4H3. The van der Waals surface area contributed by atoms with Crippen LogP contribution in [0.25, 0.3) is 10.8 Å². The van der Waals surface area contributed by atoms with Crippen LogP contribution in [0.4, 0.5) is 0 Å². The fourth-order valence-corrected chi connectivity index (χ4v) is 4.82. The lowest BCUT2D eigenvalue weighted by atomic mass is 9.82. The molecular weight excluding hydrogens is 392 g/mol. The van der Waals surface area contributed by atoms with Crippen LogP contribution in [0.15, 0.2) is 42.5 Å².